The zero-order chi connectivity index (χ0) is 24.3. The van der Waals surface area contributed by atoms with E-state index in [1.165, 1.54) is 6.20 Å². The largest absolute Gasteiger partial charge is 0.438 e. The molecule has 2 aromatic rings. The van der Waals surface area contributed by atoms with Crippen LogP contribution >= 0.6 is 0 Å². The Morgan fingerprint density at radius 3 is 2.76 bits per heavy atom. The van der Waals surface area contributed by atoms with Gasteiger partial charge in [0, 0.05) is 11.9 Å². The molecule has 0 unspecified atom stereocenters. The van der Waals surface area contributed by atoms with E-state index in [-0.39, 0.29) is 18.3 Å². The van der Waals surface area contributed by atoms with E-state index >= 15 is 0 Å². The molecule has 2 heterocycles. The molecule has 9 nitrogen and oxygen atoms in total. The monoisotopic (exact) mass is 461 g/mol. The average molecular weight is 462 g/mol. The molecule has 1 spiro atoms. The second-order valence-corrected chi connectivity index (χ2v) is 8.85. The number of nitrogens with one attached hydrogen (secondary N) is 2. The standard InChI is InChI=1S/C25H27N5O4/c1-3-17-8-10-25(11-9-17)23(32)30(24(33)29-25)15-21(31)28-20-7-6-19(13-16(20)2)34-22-18(14-26)5-4-12-27-22/h4-7,12-13,17H,3,8-11,15H2,1-2H3,(H,28,31)(H,29,33). The van der Waals surface area contributed by atoms with E-state index in [1.807, 2.05) is 6.07 Å². The summed E-state index contributed by atoms with van der Waals surface area (Å²) in [4.78, 5) is 43.3. The number of aromatic nitrogens is 1. The summed E-state index contributed by atoms with van der Waals surface area (Å²) < 4.78 is 5.70. The van der Waals surface area contributed by atoms with Crippen LogP contribution in [0.1, 0.15) is 50.2 Å². The lowest BCUT2D eigenvalue weighted by Crippen LogP contribution is -2.49. The molecule has 9 heteroatoms. The van der Waals surface area contributed by atoms with Gasteiger partial charge >= 0.3 is 6.03 Å². The average Bonchev–Trinajstić information content (AvgIpc) is 3.05. The number of aryl methyl sites for hydroxylation is 1. The van der Waals surface area contributed by atoms with E-state index in [0.29, 0.717) is 41.3 Å². The number of nitrogens with zero attached hydrogens (tertiary/aromatic N) is 3. The lowest BCUT2D eigenvalue weighted by atomic mass is 9.75. The van der Waals surface area contributed by atoms with Crippen LogP contribution in [-0.4, -0.2) is 39.8 Å². The van der Waals surface area contributed by atoms with Crippen LogP contribution in [0.2, 0.25) is 0 Å². The van der Waals surface area contributed by atoms with Crippen LogP contribution in [0, 0.1) is 24.2 Å². The summed E-state index contributed by atoms with van der Waals surface area (Å²) in [6, 6.07) is 9.79. The molecule has 2 aliphatic rings. The van der Waals surface area contributed by atoms with Crippen molar-refractivity contribution in [3.8, 4) is 17.7 Å². The Morgan fingerprint density at radius 2 is 2.09 bits per heavy atom. The maximum absolute atomic E-state index is 13.0. The Labute approximate surface area is 198 Å². The summed E-state index contributed by atoms with van der Waals surface area (Å²) in [5.74, 6) is 0.459. The van der Waals surface area contributed by atoms with Gasteiger partial charge in [-0.15, -0.1) is 0 Å². The summed E-state index contributed by atoms with van der Waals surface area (Å²) in [5, 5.41) is 14.8. The van der Waals surface area contributed by atoms with Crippen molar-refractivity contribution in [1.29, 1.82) is 5.26 Å². The number of ether oxygens (including phenoxy) is 1. The molecule has 2 N–H and O–H groups in total. The maximum atomic E-state index is 13.0. The maximum Gasteiger partial charge on any atom is 0.325 e. The second-order valence-electron chi connectivity index (χ2n) is 8.85. The zero-order valence-corrected chi connectivity index (χ0v) is 19.3. The van der Waals surface area contributed by atoms with Crippen molar-refractivity contribution in [3.05, 3.63) is 47.7 Å². The van der Waals surface area contributed by atoms with Gasteiger partial charge in [-0.05, 0) is 74.4 Å². The van der Waals surface area contributed by atoms with Gasteiger partial charge in [0.15, 0.2) is 0 Å². The predicted octanol–water partition coefficient (Wildman–Crippen LogP) is 3.88. The van der Waals surface area contributed by atoms with Gasteiger partial charge in [-0.1, -0.05) is 13.3 Å². The van der Waals surface area contributed by atoms with Gasteiger partial charge in [0.1, 0.15) is 29.5 Å². The van der Waals surface area contributed by atoms with Crippen molar-refractivity contribution in [2.24, 2.45) is 5.92 Å². The molecular formula is C25H27N5O4. The molecule has 0 atom stereocenters. The number of nitriles is 1. The summed E-state index contributed by atoms with van der Waals surface area (Å²) in [5.41, 5.74) is 0.689. The molecule has 1 saturated heterocycles. The number of rotatable bonds is 6. The number of pyridine rings is 1. The van der Waals surface area contributed by atoms with Crippen LogP contribution in [0.25, 0.3) is 0 Å². The number of anilines is 1. The minimum Gasteiger partial charge on any atom is -0.438 e. The minimum atomic E-state index is -0.869. The van der Waals surface area contributed by atoms with Crippen LogP contribution in [0.5, 0.6) is 11.6 Å². The summed E-state index contributed by atoms with van der Waals surface area (Å²) in [6.45, 7) is 3.58. The number of carbonyl (C=O) groups is 3. The van der Waals surface area contributed by atoms with Crippen LogP contribution < -0.4 is 15.4 Å². The normalized spacial score (nSPS) is 21.8. The number of hydrogen-bond donors (Lipinski definition) is 2. The third-order valence-electron chi connectivity index (χ3n) is 6.66. The topological polar surface area (TPSA) is 124 Å². The van der Waals surface area contributed by atoms with Crippen LogP contribution in [-0.2, 0) is 9.59 Å². The number of hydrogen-bond acceptors (Lipinski definition) is 6. The first-order valence-corrected chi connectivity index (χ1v) is 11.4. The molecule has 2 fully saturated rings. The van der Waals surface area contributed by atoms with Crippen LogP contribution in [0.3, 0.4) is 0 Å². The Kier molecular flexibility index (Phi) is 6.50. The highest BCUT2D eigenvalue weighted by Gasteiger charge is 2.52. The molecule has 176 valence electrons. The van der Waals surface area contributed by atoms with E-state index in [0.717, 1.165) is 24.2 Å². The summed E-state index contributed by atoms with van der Waals surface area (Å²) in [6.07, 6.45) is 5.61. The molecule has 1 saturated carbocycles. The van der Waals surface area contributed by atoms with E-state index < -0.39 is 17.5 Å². The Balaban J connectivity index is 1.39. The van der Waals surface area contributed by atoms with Gasteiger partial charge in [0.2, 0.25) is 11.8 Å². The predicted molar refractivity (Wildman–Crippen MR) is 124 cm³/mol. The van der Waals surface area contributed by atoms with Gasteiger partial charge in [-0.25, -0.2) is 9.78 Å². The van der Waals surface area contributed by atoms with E-state index in [9.17, 15) is 19.6 Å². The fourth-order valence-corrected chi connectivity index (χ4v) is 4.58. The van der Waals surface area contributed by atoms with Gasteiger partial charge in [0.05, 0.1) is 0 Å². The van der Waals surface area contributed by atoms with Crippen molar-refractivity contribution >= 4 is 23.5 Å². The Hall–Kier alpha value is -3.93. The minimum absolute atomic E-state index is 0.196. The summed E-state index contributed by atoms with van der Waals surface area (Å²) >= 11 is 0. The fourth-order valence-electron chi connectivity index (χ4n) is 4.58. The van der Waals surface area contributed by atoms with Crippen molar-refractivity contribution < 1.29 is 19.1 Å². The van der Waals surface area contributed by atoms with Crippen molar-refractivity contribution in [2.45, 2.75) is 51.5 Å². The quantitative estimate of drug-likeness (QED) is 0.629. The molecular weight excluding hydrogens is 434 g/mol. The molecule has 1 aliphatic heterocycles. The fraction of sp³-hybridized carbons (Fsp3) is 0.400. The first kappa shape index (κ1) is 23.2. The first-order chi connectivity index (χ1) is 16.3. The lowest BCUT2D eigenvalue weighted by molar-refractivity contribution is -0.135. The third-order valence-corrected chi connectivity index (χ3v) is 6.66. The number of urea groups is 1. The summed E-state index contributed by atoms with van der Waals surface area (Å²) in [7, 11) is 0. The first-order valence-electron chi connectivity index (χ1n) is 11.4. The number of benzene rings is 1. The molecule has 4 amide bonds. The van der Waals surface area contributed by atoms with Gasteiger partial charge in [-0.3, -0.25) is 14.5 Å². The second kappa shape index (κ2) is 9.51. The molecule has 1 aromatic heterocycles. The smallest absolute Gasteiger partial charge is 0.325 e. The van der Waals surface area contributed by atoms with Crippen LogP contribution in [0.15, 0.2) is 36.5 Å². The highest BCUT2D eigenvalue weighted by atomic mass is 16.5. The number of amides is 4. The van der Waals surface area contributed by atoms with Crippen molar-refractivity contribution in [2.75, 3.05) is 11.9 Å². The van der Waals surface area contributed by atoms with Crippen LogP contribution in [0.4, 0.5) is 10.5 Å². The third kappa shape index (κ3) is 4.57. The van der Waals surface area contributed by atoms with E-state index in [4.69, 9.17) is 4.74 Å². The zero-order valence-electron chi connectivity index (χ0n) is 19.3. The SMILES string of the molecule is CCC1CCC2(CC1)NC(=O)N(CC(=O)Nc1ccc(Oc3ncccc3C#N)cc1C)C2=O. The van der Waals surface area contributed by atoms with Crippen molar-refractivity contribution in [1.82, 2.24) is 15.2 Å². The molecule has 1 aromatic carbocycles. The van der Waals surface area contributed by atoms with Gasteiger partial charge in [-0.2, -0.15) is 5.26 Å². The Bertz CT molecular complexity index is 1160. The van der Waals surface area contributed by atoms with Crippen molar-refractivity contribution in [3.63, 3.8) is 0 Å². The molecule has 1 aliphatic carbocycles. The highest BCUT2D eigenvalue weighted by molar-refractivity contribution is 6.10. The van der Waals surface area contributed by atoms with Gasteiger partial charge in [0.25, 0.3) is 5.91 Å². The highest BCUT2D eigenvalue weighted by Crippen LogP contribution is 2.37. The molecule has 34 heavy (non-hydrogen) atoms. The lowest BCUT2D eigenvalue weighted by Gasteiger charge is -2.34. The Morgan fingerprint density at radius 1 is 1.32 bits per heavy atom. The van der Waals surface area contributed by atoms with E-state index in [1.54, 1.807) is 37.3 Å². The molecule has 0 radical (unpaired) electrons. The number of imide groups is 1. The number of carbonyl (C=O) groups excluding carboxylic acids is 3. The molecule has 4 rings (SSSR count). The molecule has 0 bridgehead atoms. The van der Waals surface area contributed by atoms with E-state index in [2.05, 4.69) is 22.5 Å². The van der Waals surface area contributed by atoms with Gasteiger partial charge < -0.3 is 15.4 Å².